The first-order valence-corrected chi connectivity index (χ1v) is 8.82. The molecule has 0 aliphatic carbocycles. The van der Waals surface area contributed by atoms with Crippen LogP contribution in [0.4, 0.5) is 0 Å². The maximum Gasteiger partial charge on any atom is 0.309 e. The number of hydrogen-bond acceptors (Lipinski definition) is 3. The van der Waals surface area contributed by atoms with Gasteiger partial charge in [0.2, 0.25) is 0 Å². The van der Waals surface area contributed by atoms with E-state index in [0.29, 0.717) is 11.3 Å². The molecular formula is C19H21BBrNO2. The first-order valence-electron chi connectivity index (χ1n) is 8.02. The molecule has 1 aliphatic rings. The number of carbonyl (C=O) groups is 1. The second-order valence-corrected chi connectivity index (χ2v) is 6.69. The Morgan fingerprint density at radius 3 is 2.33 bits per heavy atom. The molecule has 0 unspecified atom stereocenters. The summed E-state index contributed by atoms with van der Waals surface area (Å²) in [6, 6.07) is 16.2. The molecule has 3 rings (SSSR count). The molecule has 24 heavy (non-hydrogen) atoms. The zero-order valence-corrected chi connectivity index (χ0v) is 15.4. The minimum absolute atomic E-state index is 0.473. The van der Waals surface area contributed by atoms with E-state index in [9.17, 15) is 4.79 Å². The average molecular weight is 386 g/mol. The first kappa shape index (κ1) is 18.7. The number of carbonyl (C=O) groups excluding carboxylic acids is 1. The van der Waals surface area contributed by atoms with Crippen LogP contribution in [0.15, 0.2) is 59.1 Å². The van der Waals surface area contributed by atoms with Gasteiger partial charge in [-0.25, -0.2) is 0 Å². The molecule has 1 atom stereocenters. The Morgan fingerprint density at radius 1 is 1.12 bits per heavy atom. The molecule has 0 amide bonds. The van der Waals surface area contributed by atoms with Crippen molar-refractivity contribution in [3.05, 3.63) is 64.6 Å². The number of ether oxygens (including phenoxy) is 1. The third kappa shape index (κ3) is 6.14. The Kier molecular flexibility index (Phi) is 7.54. The first-order chi connectivity index (χ1) is 11.6. The number of hydrogen-bond donors (Lipinski definition) is 0. The molecule has 1 aliphatic heterocycles. The van der Waals surface area contributed by atoms with Gasteiger partial charge < -0.3 is 9.64 Å². The van der Waals surface area contributed by atoms with Crippen LogP contribution in [0.3, 0.4) is 0 Å². The van der Waals surface area contributed by atoms with Crippen LogP contribution >= 0.6 is 15.9 Å². The van der Waals surface area contributed by atoms with Crippen molar-refractivity contribution in [1.29, 1.82) is 0 Å². The summed E-state index contributed by atoms with van der Waals surface area (Å²) in [6.07, 6.45) is 2.83. The van der Waals surface area contributed by atoms with E-state index < -0.39 is 11.8 Å². The number of esters is 1. The third-order valence-electron chi connectivity index (χ3n) is 3.75. The molecule has 2 radical (unpaired) electrons. The fourth-order valence-electron chi connectivity index (χ4n) is 2.38. The molecule has 2 aromatic rings. The Balaban J connectivity index is 0.000000292. The van der Waals surface area contributed by atoms with Gasteiger partial charge in [-0.05, 0) is 62.8 Å². The average Bonchev–Trinajstić information content (AvgIpc) is 3.06. The Hall–Kier alpha value is -1.59. The van der Waals surface area contributed by atoms with Gasteiger partial charge in [0.05, 0.1) is 7.85 Å². The molecule has 0 spiro atoms. The molecule has 1 saturated heterocycles. The van der Waals surface area contributed by atoms with Crippen molar-refractivity contribution in [3.8, 4) is 5.75 Å². The van der Waals surface area contributed by atoms with Crippen molar-refractivity contribution in [1.82, 2.24) is 4.90 Å². The quantitative estimate of drug-likeness (QED) is 0.454. The van der Waals surface area contributed by atoms with Crippen molar-refractivity contribution in [2.45, 2.75) is 18.7 Å². The highest BCUT2D eigenvalue weighted by Crippen LogP contribution is 2.20. The minimum atomic E-state index is -0.789. The summed E-state index contributed by atoms with van der Waals surface area (Å²) < 4.78 is 6.07. The van der Waals surface area contributed by atoms with Gasteiger partial charge in [0.15, 0.2) is 0 Å². The standard InChI is InChI=1S/C14H10BBrO2.C5H11N/c15-13(10-5-4-6-11(16)9-10)14(17)18-12-7-2-1-3-8-12;1-6-4-2-3-5-6/h1-9,13H;2-5H2,1H3/t13-;/m1./s1. The molecule has 3 nitrogen and oxygen atoms in total. The molecular weight excluding hydrogens is 365 g/mol. The monoisotopic (exact) mass is 385 g/mol. The van der Waals surface area contributed by atoms with Crippen LogP contribution in [-0.2, 0) is 4.79 Å². The largest absolute Gasteiger partial charge is 0.427 e. The molecule has 1 fully saturated rings. The second-order valence-electron chi connectivity index (χ2n) is 5.78. The molecule has 124 valence electrons. The van der Waals surface area contributed by atoms with Crippen LogP contribution in [0.2, 0.25) is 0 Å². The fourth-order valence-corrected chi connectivity index (χ4v) is 2.80. The lowest BCUT2D eigenvalue weighted by molar-refractivity contribution is -0.134. The number of rotatable bonds is 3. The van der Waals surface area contributed by atoms with Crippen molar-refractivity contribution in [3.63, 3.8) is 0 Å². The maximum atomic E-state index is 11.9. The molecule has 1 heterocycles. The van der Waals surface area contributed by atoms with Crippen molar-refractivity contribution >= 4 is 29.7 Å². The van der Waals surface area contributed by atoms with Gasteiger partial charge >= 0.3 is 5.97 Å². The molecule has 0 N–H and O–H groups in total. The van der Waals surface area contributed by atoms with E-state index in [1.165, 1.54) is 25.9 Å². The third-order valence-corrected chi connectivity index (χ3v) is 4.25. The van der Waals surface area contributed by atoms with E-state index in [2.05, 4.69) is 27.9 Å². The summed E-state index contributed by atoms with van der Waals surface area (Å²) in [7, 11) is 8.03. The molecule has 2 aromatic carbocycles. The highest BCUT2D eigenvalue weighted by molar-refractivity contribution is 9.10. The lowest BCUT2D eigenvalue weighted by Crippen LogP contribution is -2.18. The molecule has 5 heteroatoms. The van der Waals surface area contributed by atoms with Crippen molar-refractivity contribution in [2.24, 2.45) is 0 Å². The van der Waals surface area contributed by atoms with E-state index in [1.54, 1.807) is 36.4 Å². The van der Waals surface area contributed by atoms with E-state index >= 15 is 0 Å². The Morgan fingerprint density at radius 2 is 1.79 bits per heavy atom. The van der Waals surface area contributed by atoms with Crippen LogP contribution in [-0.4, -0.2) is 38.9 Å². The van der Waals surface area contributed by atoms with Gasteiger partial charge in [-0.3, -0.25) is 4.79 Å². The predicted molar refractivity (Wildman–Crippen MR) is 101 cm³/mol. The zero-order valence-electron chi connectivity index (χ0n) is 13.8. The summed E-state index contributed by atoms with van der Waals surface area (Å²) in [6.45, 7) is 2.64. The maximum absolute atomic E-state index is 11.9. The van der Waals surface area contributed by atoms with Crippen LogP contribution in [0.5, 0.6) is 5.75 Å². The zero-order chi connectivity index (χ0) is 17.4. The van der Waals surface area contributed by atoms with Gasteiger partial charge in [-0.1, -0.05) is 46.3 Å². The molecule has 0 bridgehead atoms. The predicted octanol–water partition coefficient (Wildman–Crippen LogP) is 3.98. The molecule has 0 aromatic heterocycles. The normalized spacial score (nSPS) is 15.2. The number of nitrogens with zero attached hydrogens (tertiary/aromatic N) is 1. The summed E-state index contributed by atoms with van der Waals surface area (Å²) in [4.78, 5) is 14.2. The van der Waals surface area contributed by atoms with Crippen LogP contribution in [0, 0.1) is 0 Å². The fraction of sp³-hybridized carbons (Fsp3) is 0.316. The number of halogens is 1. The van der Waals surface area contributed by atoms with Crippen molar-refractivity contribution in [2.75, 3.05) is 20.1 Å². The van der Waals surface area contributed by atoms with Crippen LogP contribution in [0.25, 0.3) is 0 Å². The summed E-state index contributed by atoms with van der Waals surface area (Å²) >= 11 is 3.34. The summed E-state index contributed by atoms with van der Waals surface area (Å²) in [5, 5.41) is 0. The minimum Gasteiger partial charge on any atom is -0.427 e. The van der Waals surface area contributed by atoms with E-state index in [0.717, 1.165) is 4.47 Å². The van der Waals surface area contributed by atoms with Gasteiger partial charge in [0, 0.05) is 10.3 Å². The van der Waals surface area contributed by atoms with Gasteiger partial charge in [-0.2, -0.15) is 0 Å². The highest BCUT2D eigenvalue weighted by Gasteiger charge is 2.17. The van der Waals surface area contributed by atoms with Gasteiger partial charge in [0.1, 0.15) is 5.75 Å². The highest BCUT2D eigenvalue weighted by atomic mass is 79.9. The van der Waals surface area contributed by atoms with Crippen LogP contribution < -0.4 is 4.74 Å². The number of para-hydroxylation sites is 1. The number of benzene rings is 2. The SMILES string of the molecule is CN1CCCC1.[B][C@@H](C(=O)Oc1ccccc1)c1cccc(Br)c1. The smallest absolute Gasteiger partial charge is 0.309 e. The Labute approximate surface area is 153 Å². The van der Waals surface area contributed by atoms with E-state index in [1.807, 2.05) is 18.2 Å². The van der Waals surface area contributed by atoms with E-state index in [4.69, 9.17) is 12.6 Å². The topological polar surface area (TPSA) is 29.5 Å². The van der Waals surface area contributed by atoms with E-state index in [-0.39, 0.29) is 0 Å². The second kappa shape index (κ2) is 9.65. The van der Waals surface area contributed by atoms with Crippen LogP contribution in [0.1, 0.15) is 24.2 Å². The van der Waals surface area contributed by atoms with Gasteiger partial charge in [0.25, 0.3) is 0 Å². The van der Waals surface area contributed by atoms with Gasteiger partial charge in [-0.15, -0.1) is 0 Å². The summed E-state index contributed by atoms with van der Waals surface area (Å²) in [5.74, 6) is -0.769. The molecule has 0 saturated carbocycles. The summed E-state index contributed by atoms with van der Waals surface area (Å²) in [5.41, 5.74) is 0.713. The Bertz CT molecular complexity index is 645. The lowest BCUT2D eigenvalue weighted by atomic mass is 9.81. The number of likely N-dealkylation sites (tertiary alicyclic amines) is 1. The lowest BCUT2D eigenvalue weighted by Gasteiger charge is -2.12. The van der Waals surface area contributed by atoms with Crippen molar-refractivity contribution < 1.29 is 9.53 Å².